The molecule has 0 amide bonds. The molecular formula is C17H27NO2. The van der Waals surface area contributed by atoms with Crippen molar-refractivity contribution in [3.8, 4) is 5.75 Å². The molecule has 1 aliphatic rings. The van der Waals surface area contributed by atoms with Crippen LogP contribution >= 0.6 is 0 Å². The summed E-state index contributed by atoms with van der Waals surface area (Å²) in [6.07, 6.45) is 4.64. The monoisotopic (exact) mass is 277 g/mol. The van der Waals surface area contributed by atoms with Crippen LogP contribution in [0.3, 0.4) is 0 Å². The van der Waals surface area contributed by atoms with Crippen LogP contribution in [0.2, 0.25) is 0 Å². The number of hydrogen-bond donors (Lipinski definition) is 1. The molecule has 0 saturated heterocycles. The molecule has 20 heavy (non-hydrogen) atoms. The predicted octanol–water partition coefficient (Wildman–Crippen LogP) is 3.76. The van der Waals surface area contributed by atoms with E-state index in [1.165, 1.54) is 25.7 Å². The highest BCUT2D eigenvalue weighted by Gasteiger charge is 2.27. The Bertz CT molecular complexity index is 445. The maximum Gasteiger partial charge on any atom is 0.126 e. The summed E-state index contributed by atoms with van der Waals surface area (Å²) in [5.74, 6) is 1.47. The first kappa shape index (κ1) is 15.2. The molecule has 0 spiro atoms. The molecule has 1 fully saturated rings. The second-order valence-corrected chi connectivity index (χ2v) is 6.01. The predicted molar refractivity (Wildman–Crippen MR) is 83.5 cm³/mol. The summed E-state index contributed by atoms with van der Waals surface area (Å²) >= 11 is 0. The van der Waals surface area contributed by atoms with Gasteiger partial charge >= 0.3 is 0 Å². The van der Waals surface area contributed by atoms with Crippen LogP contribution in [0.15, 0.2) is 18.2 Å². The summed E-state index contributed by atoms with van der Waals surface area (Å²) in [5.41, 5.74) is 1.99. The van der Waals surface area contributed by atoms with Gasteiger partial charge in [-0.15, -0.1) is 0 Å². The van der Waals surface area contributed by atoms with Gasteiger partial charge in [0.05, 0.1) is 13.2 Å². The first-order valence-electron chi connectivity index (χ1n) is 7.64. The Hall–Kier alpha value is -1.22. The van der Waals surface area contributed by atoms with Gasteiger partial charge in [0.15, 0.2) is 0 Å². The van der Waals surface area contributed by atoms with Crippen LogP contribution in [0.5, 0.6) is 5.75 Å². The van der Waals surface area contributed by atoms with E-state index in [0.717, 1.165) is 17.0 Å². The zero-order valence-corrected chi connectivity index (χ0v) is 13.1. The van der Waals surface area contributed by atoms with E-state index in [-0.39, 0.29) is 0 Å². The van der Waals surface area contributed by atoms with Gasteiger partial charge in [0, 0.05) is 24.3 Å². The Morgan fingerprint density at radius 2 is 2.00 bits per heavy atom. The van der Waals surface area contributed by atoms with E-state index in [1.54, 1.807) is 14.0 Å². The molecule has 0 aliphatic heterocycles. The van der Waals surface area contributed by atoms with Crippen molar-refractivity contribution in [1.82, 2.24) is 0 Å². The smallest absolute Gasteiger partial charge is 0.126 e. The van der Waals surface area contributed by atoms with Crippen molar-refractivity contribution >= 4 is 5.69 Å². The fraction of sp³-hybridized carbons (Fsp3) is 0.647. The highest BCUT2D eigenvalue weighted by molar-refractivity contribution is 5.60. The molecule has 112 valence electrons. The third-order valence-electron chi connectivity index (χ3n) is 4.62. The molecule has 0 heterocycles. The number of benzene rings is 1. The number of aliphatic hydroxyl groups excluding tert-OH is 1. The van der Waals surface area contributed by atoms with Crippen LogP contribution in [0.1, 0.15) is 51.2 Å². The van der Waals surface area contributed by atoms with Crippen molar-refractivity contribution < 1.29 is 9.84 Å². The topological polar surface area (TPSA) is 32.7 Å². The molecule has 2 unspecified atom stereocenters. The van der Waals surface area contributed by atoms with E-state index in [2.05, 4.69) is 24.9 Å². The molecule has 0 aromatic heterocycles. The molecule has 2 rings (SSSR count). The number of nitrogens with zero attached hydrogens (tertiary/aromatic N) is 1. The number of aliphatic hydroxyl groups is 1. The number of anilines is 1. The molecule has 1 N–H and O–H groups in total. The summed E-state index contributed by atoms with van der Waals surface area (Å²) in [5, 5.41) is 10.1. The summed E-state index contributed by atoms with van der Waals surface area (Å²) in [6, 6.07) is 6.56. The highest BCUT2D eigenvalue weighted by Crippen LogP contribution is 2.38. The fourth-order valence-electron chi connectivity index (χ4n) is 3.49. The minimum Gasteiger partial charge on any atom is -0.496 e. The van der Waals surface area contributed by atoms with E-state index >= 15 is 0 Å². The molecular weight excluding hydrogens is 250 g/mol. The molecule has 1 saturated carbocycles. The largest absolute Gasteiger partial charge is 0.496 e. The summed E-state index contributed by atoms with van der Waals surface area (Å²) < 4.78 is 5.42. The van der Waals surface area contributed by atoms with Crippen molar-refractivity contribution in [3.05, 3.63) is 23.8 Å². The number of rotatable bonds is 4. The molecule has 1 aromatic carbocycles. The lowest BCUT2D eigenvalue weighted by Gasteiger charge is -2.39. The summed E-state index contributed by atoms with van der Waals surface area (Å²) in [6.45, 7) is 4.14. The van der Waals surface area contributed by atoms with Crippen LogP contribution in [-0.4, -0.2) is 25.3 Å². The third-order valence-corrected chi connectivity index (χ3v) is 4.62. The van der Waals surface area contributed by atoms with Crippen LogP contribution in [0, 0.1) is 5.92 Å². The lowest BCUT2D eigenvalue weighted by Crippen LogP contribution is -2.39. The molecule has 1 aliphatic carbocycles. The molecule has 3 nitrogen and oxygen atoms in total. The van der Waals surface area contributed by atoms with E-state index in [9.17, 15) is 5.11 Å². The second kappa shape index (κ2) is 6.49. The maximum atomic E-state index is 10.1. The van der Waals surface area contributed by atoms with Crippen molar-refractivity contribution in [3.63, 3.8) is 0 Å². The second-order valence-electron chi connectivity index (χ2n) is 6.01. The summed E-state index contributed by atoms with van der Waals surface area (Å²) in [4.78, 5) is 2.34. The van der Waals surface area contributed by atoms with Crippen molar-refractivity contribution in [1.29, 1.82) is 0 Å². The average Bonchev–Trinajstić information content (AvgIpc) is 2.46. The van der Waals surface area contributed by atoms with Gasteiger partial charge in [0.25, 0.3) is 0 Å². The SMILES string of the molecule is COc1cccc(N(C)C2CCCCC2C)c1[C@H](C)O. The quantitative estimate of drug-likeness (QED) is 0.909. The number of hydrogen-bond acceptors (Lipinski definition) is 3. The molecule has 3 heteroatoms. The Labute approximate surface area is 122 Å². The van der Waals surface area contributed by atoms with E-state index in [4.69, 9.17) is 4.74 Å². The minimum atomic E-state index is -0.525. The average molecular weight is 277 g/mol. The van der Waals surface area contributed by atoms with Gasteiger partial charge < -0.3 is 14.7 Å². The first-order valence-corrected chi connectivity index (χ1v) is 7.64. The Morgan fingerprint density at radius 3 is 2.60 bits per heavy atom. The van der Waals surface area contributed by atoms with Gasteiger partial charge in [0.1, 0.15) is 5.75 Å². The third kappa shape index (κ3) is 2.93. The van der Waals surface area contributed by atoms with Crippen LogP contribution in [0.4, 0.5) is 5.69 Å². The Morgan fingerprint density at radius 1 is 1.30 bits per heavy atom. The lowest BCUT2D eigenvalue weighted by atomic mass is 9.84. The van der Waals surface area contributed by atoms with E-state index in [0.29, 0.717) is 12.0 Å². The minimum absolute atomic E-state index is 0.525. The number of ether oxygens (including phenoxy) is 1. The van der Waals surface area contributed by atoms with Crippen LogP contribution in [0.25, 0.3) is 0 Å². The van der Waals surface area contributed by atoms with E-state index < -0.39 is 6.10 Å². The molecule has 1 aromatic rings. The summed E-state index contributed by atoms with van der Waals surface area (Å²) in [7, 11) is 3.81. The molecule has 0 bridgehead atoms. The normalized spacial score (nSPS) is 24.2. The number of methoxy groups -OCH3 is 1. The van der Waals surface area contributed by atoms with Gasteiger partial charge in [-0.3, -0.25) is 0 Å². The highest BCUT2D eigenvalue weighted by atomic mass is 16.5. The Balaban J connectivity index is 2.35. The van der Waals surface area contributed by atoms with Gasteiger partial charge in [-0.25, -0.2) is 0 Å². The van der Waals surface area contributed by atoms with Gasteiger partial charge in [0.2, 0.25) is 0 Å². The van der Waals surface area contributed by atoms with Crippen molar-refractivity contribution in [2.24, 2.45) is 5.92 Å². The van der Waals surface area contributed by atoms with Crippen molar-refractivity contribution in [2.75, 3.05) is 19.1 Å². The van der Waals surface area contributed by atoms with Gasteiger partial charge in [-0.05, 0) is 37.8 Å². The fourth-order valence-corrected chi connectivity index (χ4v) is 3.49. The van der Waals surface area contributed by atoms with Gasteiger partial charge in [-0.2, -0.15) is 0 Å². The van der Waals surface area contributed by atoms with Gasteiger partial charge in [-0.1, -0.05) is 25.8 Å². The van der Waals surface area contributed by atoms with E-state index in [1.807, 2.05) is 12.1 Å². The maximum absolute atomic E-state index is 10.1. The van der Waals surface area contributed by atoms with Crippen LogP contribution < -0.4 is 9.64 Å². The Kier molecular flexibility index (Phi) is 4.92. The standard InChI is InChI=1S/C17H27NO2/c1-12-8-5-6-9-14(12)18(3)15-10-7-11-16(20-4)17(15)13(2)19/h7,10-14,19H,5-6,8-9H2,1-4H3/t12?,13-,14?/m0/s1. The first-order chi connectivity index (χ1) is 9.56. The molecule has 0 radical (unpaired) electrons. The van der Waals surface area contributed by atoms with Crippen LogP contribution in [-0.2, 0) is 0 Å². The van der Waals surface area contributed by atoms with Crippen molar-refractivity contribution in [2.45, 2.75) is 51.7 Å². The zero-order valence-electron chi connectivity index (χ0n) is 13.1. The lowest BCUT2D eigenvalue weighted by molar-refractivity contribution is 0.194. The molecule has 3 atom stereocenters. The zero-order chi connectivity index (χ0) is 14.7.